The number of carbonyl (C=O) groups excluding carboxylic acids is 1. The van der Waals surface area contributed by atoms with Crippen LogP contribution in [0.15, 0.2) is 12.3 Å². The Kier molecular flexibility index (Phi) is 4.15. The molecule has 0 aliphatic rings. The Balaban J connectivity index is 2.30. The Labute approximate surface area is 125 Å². The molecule has 0 aromatic carbocycles. The molecule has 106 valence electrons. The van der Waals surface area contributed by atoms with Gasteiger partial charge in [-0.2, -0.15) is 5.10 Å². The van der Waals surface area contributed by atoms with Gasteiger partial charge in [0.1, 0.15) is 5.15 Å². The highest BCUT2D eigenvalue weighted by Gasteiger charge is 2.17. The van der Waals surface area contributed by atoms with E-state index in [0.717, 1.165) is 0 Å². The van der Waals surface area contributed by atoms with Gasteiger partial charge in [0, 0.05) is 12.7 Å². The molecular formula is C12H13Cl2N5O. The zero-order chi connectivity index (χ0) is 14.9. The number of amides is 1. The highest BCUT2D eigenvalue weighted by atomic mass is 35.5. The van der Waals surface area contributed by atoms with Crippen LogP contribution >= 0.6 is 23.2 Å². The normalized spacial score (nSPS) is 10.6. The van der Waals surface area contributed by atoms with Crippen LogP contribution in [0.2, 0.25) is 10.3 Å². The summed E-state index contributed by atoms with van der Waals surface area (Å²) in [4.78, 5) is 16.1. The summed E-state index contributed by atoms with van der Waals surface area (Å²) in [6.45, 7) is 4.29. The number of halogens is 2. The zero-order valence-electron chi connectivity index (χ0n) is 10.9. The molecule has 0 atom stereocenters. The van der Waals surface area contributed by atoms with Crippen LogP contribution in [0.3, 0.4) is 0 Å². The third-order valence-corrected chi connectivity index (χ3v) is 3.18. The molecule has 2 aromatic rings. The van der Waals surface area contributed by atoms with Gasteiger partial charge in [0.05, 0.1) is 11.4 Å². The van der Waals surface area contributed by atoms with Gasteiger partial charge in [-0.1, -0.05) is 23.2 Å². The summed E-state index contributed by atoms with van der Waals surface area (Å²) in [5, 5.41) is 7.13. The average Bonchev–Trinajstić information content (AvgIpc) is 2.75. The summed E-state index contributed by atoms with van der Waals surface area (Å²) in [6, 6.07) is 1.61. The Morgan fingerprint density at radius 2 is 2.20 bits per heavy atom. The summed E-state index contributed by atoms with van der Waals surface area (Å²) in [5.41, 5.74) is 7.31. The molecule has 2 rings (SSSR count). The van der Waals surface area contributed by atoms with E-state index in [1.165, 1.54) is 0 Å². The van der Waals surface area contributed by atoms with Crippen molar-refractivity contribution >= 4 is 40.5 Å². The van der Waals surface area contributed by atoms with Gasteiger partial charge in [-0.15, -0.1) is 0 Å². The topological polar surface area (TPSA) is 85.8 Å². The number of hydrogen-bond acceptors (Lipinski definition) is 4. The fraction of sp³-hybridized carbons (Fsp3) is 0.250. The second-order valence-corrected chi connectivity index (χ2v) is 4.92. The SMILES string of the molecule is CCn1cc(N)c(C(=O)Nc2c(C)cc(Cl)nc2Cl)n1. The number of aryl methyl sites for hydroxylation is 2. The molecule has 20 heavy (non-hydrogen) atoms. The molecule has 0 aliphatic heterocycles. The number of carbonyl (C=O) groups is 1. The summed E-state index contributed by atoms with van der Waals surface area (Å²) in [5.74, 6) is -0.441. The van der Waals surface area contributed by atoms with Crippen molar-refractivity contribution in [3.8, 4) is 0 Å². The minimum atomic E-state index is -0.441. The monoisotopic (exact) mass is 313 g/mol. The van der Waals surface area contributed by atoms with Gasteiger partial charge in [0.15, 0.2) is 10.8 Å². The molecular weight excluding hydrogens is 301 g/mol. The summed E-state index contributed by atoms with van der Waals surface area (Å²) >= 11 is 11.8. The molecule has 0 unspecified atom stereocenters. The molecule has 6 nitrogen and oxygen atoms in total. The highest BCUT2D eigenvalue weighted by molar-refractivity contribution is 6.35. The predicted molar refractivity (Wildman–Crippen MR) is 79.3 cm³/mol. The number of nitrogens with two attached hydrogens (primary N) is 1. The van der Waals surface area contributed by atoms with Crippen molar-refractivity contribution in [1.82, 2.24) is 14.8 Å². The molecule has 3 N–H and O–H groups in total. The lowest BCUT2D eigenvalue weighted by Gasteiger charge is -2.09. The van der Waals surface area contributed by atoms with E-state index in [2.05, 4.69) is 15.4 Å². The van der Waals surface area contributed by atoms with Crippen LogP contribution in [0.1, 0.15) is 23.0 Å². The molecule has 0 fully saturated rings. The van der Waals surface area contributed by atoms with Crippen LogP contribution in [-0.2, 0) is 6.54 Å². The van der Waals surface area contributed by atoms with E-state index in [4.69, 9.17) is 28.9 Å². The molecule has 2 aromatic heterocycles. The van der Waals surface area contributed by atoms with Gasteiger partial charge >= 0.3 is 0 Å². The quantitative estimate of drug-likeness (QED) is 0.853. The second-order valence-electron chi connectivity index (χ2n) is 4.17. The van der Waals surface area contributed by atoms with Crippen LogP contribution < -0.4 is 11.1 Å². The van der Waals surface area contributed by atoms with Crippen LogP contribution in [0, 0.1) is 6.92 Å². The van der Waals surface area contributed by atoms with Crippen LogP contribution in [-0.4, -0.2) is 20.7 Å². The van der Waals surface area contributed by atoms with E-state index in [0.29, 0.717) is 23.5 Å². The summed E-state index contributed by atoms with van der Waals surface area (Å²) in [6.07, 6.45) is 1.60. The van der Waals surface area contributed by atoms with Crippen molar-refractivity contribution in [2.24, 2.45) is 0 Å². The first-order valence-electron chi connectivity index (χ1n) is 5.89. The molecule has 2 heterocycles. The number of aromatic nitrogens is 3. The minimum Gasteiger partial charge on any atom is -0.396 e. The van der Waals surface area contributed by atoms with E-state index in [-0.39, 0.29) is 16.0 Å². The number of nitrogen functional groups attached to an aromatic ring is 1. The average molecular weight is 314 g/mol. The summed E-state index contributed by atoms with van der Waals surface area (Å²) in [7, 11) is 0. The van der Waals surface area contributed by atoms with Gasteiger partial charge < -0.3 is 11.1 Å². The lowest BCUT2D eigenvalue weighted by molar-refractivity contribution is 0.102. The number of nitrogens with zero attached hydrogens (tertiary/aromatic N) is 3. The Hall–Kier alpha value is -1.79. The van der Waals surface area contributed by atoms with E-state index in [9.17, 15) is 4.79 Å². The second kappa shape index (κ2) is 5.68. The maximum Gasteiger partial charge on any atom is 0.278 e. The number of rotatable bonds is 3. The Morgan fingerprint density at radius 1 is 1.50 bits per heavy atom. The number of pyridine rings is 1. The number of nitrogens with one attached hydrogen (secondary N) is 1. The van der Waals surface area contributed by atoms with Gasteiger partial charge in [-0.25, -0.2) is 4.98 Å². The standard InChI is InChI=1S/C12H13Cl2N5O/c1-3-19-5-7(15)10(18-19)12(20)17-9-6(2)4-8(13)16-11(9)14/h4-5H,3,15H2,1-2H3,(H,17,20). The molecule has 0 saturated heterocycles. The first-order valence-corrected chi connectivity index (χ1v) is 6.65. The molecule has 0 spiro atoms. The van der Waals surface area contributed by atoms with Crippen molar-refractivity contribution in [3.63, 3.8) is 0 Å². The fourth-order valence-electron chi connectivity index (χ4n) is 1.69. The lowest BCUT2D eigenvalue weighted by Crippen LogP contribution is -2.16. The van der Waals surface area contributed by atoms with Crippen LogP contribution in [0.4, 0.5) is 11.4 Å². The van der Waals surface area contributed by atoms with Gasteiger partial charge in [-0.05, 0) is 25.5 Å². The molecule has 0 saturated carbocycles. The first kappa shape index (κ1) is 14.6. The maximum absolute atomic E-state index is 12.2. The molecule has 8 heteroatoms. The van der Waals surface area contributed by atoms with Crippen molar-refractivity contribution in [1.29, 1.82) is 0 Å². The molecule has 0 aliphatic carbocycles. The largest absolute Gasteiger partial charge is 0.396 e. The van der Waals surface area contributed by atoms with Crippen molar-refractivity contribution in [2.75, 3.05) is 11.1 Å². The van der Waals surface area contributed by atoms with Crippen molar-refractivity contribution < 1.29 is 4.79 Å². The first-order chi connectivity index (χ1) is 9.42. The van der Waals surface area contributed by atoms with E-state index in [1.807, 2.05) is 6.92 Å². The number of hydrogen-bond donors (Lipinski definition) is 2. The molecule has 0 radical (unpaired) electrons. The molecule has 1 amide bonds. The highest BCUT2D eigenvalue weighted by Crippen LogP contribution is 2.27. The van der Waals surface area contributed by atoms with Gasteiger partial charge in [-0.3, -0.25) is 9.48 Å². The number of anilines is 2. The van der Waals surface area contributed by atoms with Gasteiger partial charge in [0.25, 0.3) is 5.91 Å². The maximum atomic E-state index is 12.2. The van der Waals surface area contributed by atoms with E-state index in [1.54, 1.807) is 23.9 Å². The van der Waals surface area contributed by atoms with Crippen molar-refractivity contribution in [2.45, 2.75) is 20.4 Å². The summed E-state index contributed by atoms with van der Waals surface area (Å²) < 4.78 is 1.58. The smallest absolute Gasteiger partial charge is 0.278 e. The third-order valence-electron chi connectivity index (χ3n) is 2.71. The third kappa shape index (κ3) is 2.86. The van der Waals surface area contributed by atoms with E-state index >= 15 is 0 Å². The Morgan fingerprint density at radius 3 is 2.75 bits per heavy atom. The minimum absolute atomic E-state index is 0.122. The van der Waals surface area contributed by atoms with Crippen LogP contribution in [0.25, 0.3) is 0 Å². The van der Waals surface area contributed by atoms with Gasteiger partial charge in [0.2, 0.25) is 0 Å². The van der Waals surface area contributed by atoms with Crippen molar-refractivity contribution in [3.05, 3.63) is 33.8 Å². The Bertz CT molecular complexity index is 645. The fourth-order valence-corrected chi connectivity index (χ4v) is 2.27. The predicted octanol–water partition coefficient (Wildman–Crippen LogP) is 2.75. The molecule has 0 bridgehead atoms. The lowest BCUT2D eigenvalue weighted by atomic mass is 10.2. The zero-order valence-corrected chi connectivity index (χ0v) is 12.5. The van der Waals surface area contributed by atoms with E-state index < -0.39 is 5.91 Å². The van der Waals surface area contributed by atoms with Crippen LogP contribution in [0.5, 0.6) is 0 Å².